The Morgan fingerprint density at radius 2 is 2.20 bits per heavy atom. The highest BCUT2D eigenvalue weighted by atomic mass is 19.1. The second-order valence-electron chi connectivity index (χ2n) is 5.29. The molecular formula is C17H16FN5O2. The molecule has 0 saturated heterocycles. The molecule has 0 radical (unpaired) electrons. The number of benzene rings is 1. The summed E-state index contributed by atoms with van der Waals surface area (Å²) in [4.78, 5) is 15.8. The summed E-state index contributed by atoms with van der Waals surface area (Å²) < 4.78 is 19.7. The largest absolute Gasteiger partial charge is 0.453 e. The first-order chi connectivity index (χ1) is 12.1. The zero-order chi connectivity index (χ0) is 17.6. The highest BCUT2D eigenvalue weighted by Crippen LogP contribution is 2.26. The highest BCUT2D eigenvalue weighted by Gasteiger charge is 2.13. The summed E-state index contributed by atoms with van der Waals surface area (Å²) >= 11 is 0. The van der Waals surface area contributed by atoms with E-state index in [1.165, 1.54) is 24.5 Å². The van der Waals surface area contributed by atoms with Crippen LogP contribution in [0.25, 0.3) is 0 Å². The van der Waals surface area contributed by atoms with Crippen LogP contribution >= 0.6 is 0 Å². The maximum Gasteiger partial charge on any atom is 0.319 e. The molecule has 0 spiro atoms. The predicted molar refractivity (Wildman–Crippen MR) is 89.9 cm³/mol. The summed E-state index contributed by atoms with van der Waals surface area (Å²) in [5, 5.41) is 11.7. The molecule has 0 aliphatic rings. The molecule has 7 nitrogen and oxygen atoms in total. The third-order valence-electron chi connectivity index (χ3n) is 3.42. The van der Waals surface area contributed by atoms with E-state index in [1.807, 2.05) is 0 Å². The van der Waals surface area contributed by atoms with E-state index < -0.39 is 17.9 Å². The highest BCUT2D eigenvalue weighted by molar-refractivity contribution is 5.89. The van der Waals surface area contributed by atoms with Crippen molar-refractivity contribution < 1.29 is 13.9 Å². The molecule has 0 aliphatic carbocycles. The van der Waals surface area contributed by atoms with E-state index >= 15 is 0 Å². The van der Waals surface area contributed by atoms with Crippen molar-refractivity contribution in [2.75, 3.05) is 5.32 Å². The maximum absolute atomic E-state index is 14.3. The van der Waals surface area contributed by atoms with Gasteiger partial charge in [0.1, 0.15) is 5.75 Å². The van der Waals surface area contributed by atoms with E-state index in [2.05, 4.69) is 25.8 Å². The van der Waals surface area contributed by atoms with Crippen LogP contribution < -0.4 is 15.4 Å². The summed E-state index contributed by atoms with van der Waals surface area (Å²) in [5.74, 6) is 0.0110. The topological polar surface area (TPSA) is 91.9 Å². The Balaban J connectivity index is 1.64. The van der Waals surface area contributed by atoms with E-state index in [1.54, 1.807) is 37.5 Å². The quantitative estimate of drug-likeness (QED) is 0.661. The summed E-state index contributed by atoms with van der Waals surface area (Å²) in [6.07, 6.45) is 6.13. The lowest BCUT2D eigenvalue weighted by Gasteiger charge is -2.15. The summed E-state index contributed by atoms with van der Waals surface area (Å²) in [6, 6.07) is 7.12. The molecule has 25 heavy (non-hydrogen) atoms. The first-order valence-electron chi connectivity index (χ1n) is 7.55. The van der Waals surface area contributed by atoms with Gasteiger partial charge >= 0.3 is 6.03 Å². The zero-order valence-corrected chi connectivity index (χ0v) is 13.4. The molecule has 0 aliphatic heterocycles. The summed E-state index contributed by atoms with van der Waals surface area (Å²) in [5.41, 5.74) is 1.15. The van der Waals surface area contributed by atoms with Gasteiger partial charge < -0.3 is 15.4 Å². The molecule has 2 heterocycles. The van der Waals surface area contributed by atoms with Crippen molar-refractivity contribution >= 4 is 11.7 Å². The van der Waals surface area contributed by atoms with E-state index in [4.69, 9.17) is 4.74 Å². The first kappa shape index (κ1) is 16.4. The molecule has 1 atom stereocenters. The second kappa shape index (κ2) is 7.43. The van der Waals surface area contributed by atoms with Gasteiger partial charge in [-0.15, -0.1) is 0 Å². The second-order valence-corrected chi connectivity index (χ2v) is 5.29. The molecule has 0 bridgehead atoms. The number of ether oxygens (including phenoxy) is 1. The van der Waals surface area contributed by atoms with Crippen LogP contribution in [0, 0.1) is 5.82 Å². The van der Waals surface area contributed by atoms with Crippen molar-refractivity contribution in [2.45, 2.75) is 13.0 Å². The monoisotopic (exact) mass is 341 g/mol. The van der Waals surface area contributed by atoms with Gasteiger partial charge in [0.25, 0.3) is 0 Å². The van der Waals surface area contributed by atoms with Gasteiger partial charge in [-0.05, 0) is 36.8 Å². The fraction of sp³-hybridized carbons (Fsp3) is 0.118. The summed E-state index contributed by atoms with van der Waals surface area (Å²) in [7, 11) is 0. The molecule has 1 unspecified atom stereocenters. The molecule has 0 fully saturated rings. The van der Waals surface area contributed by atoms with Crippen molar-refractivity contribution in [3.8, 4) is 11.5 Å². The lowest BCUT2D eigenvalue weighted by atomic mass is 10.1. The molecule has 8 heteroatoms. The number of hydrogen-bond donors (Lipinski definition) is 3. The Morgan fingerprint density at radius 3 is 2.88 bits per heavy atom. The lowest BCUT2D eigenvalue weighted by Crippen LogP contribution is -2.31. The molecular weight excluding hydrogens is 325 g/mol. The minimum absolute atomic E-state index is 0.0896. The van der Waals surface area contributed by atoms with Crippen LogP contribution in [0.15, 0.2) is 55.1 Å². The Morgan fingerprint density at radius 1 is 1.32 bits per heavy atom. The van der Waals surface area contributed by atoms with Crippen molar-refractivity contribution in [1.82, 2.24) is 20.5 Å². The molecule has 1 aromatic carbocycles. The Labute approximate surface area is 143 Å². The van der Waals surface area contributed by atoms with Crippen LogP contribution in [0.2, 0.25) is 0 Å². The van der Waals surface area contributed by atoms with Gasteiger partial charge in [0.2, 0.25) is 0 Å². The number of urea groups is 1. The number of hydrogen-bond acceptors (Lipinski definition) is 4. The van der Waals surface area contributed by atoms with Crippen LogP contribution in [-0.2, 0) is 0 Å². The minimum Gasteiger partial charge on any atom is -0.453 e. The molecule has 2 aromatic heterocycles. The molecule has 3 rings (SSSR count). The molecule has 3 aromatic rings. The number of anilines is 1. The molecule has 0 saturated carbocycles. The van der Waals surface area contributed by atoms with Crippen molar-refractivity contribution in [2.24, 2.45) is 0 Å². The van der Waals surface area contributed by atoms with Crippen LogP contribution in [0.3, 0.4) is 0 Å². The fourth-order valence-corrected chi connectivity index (χ4v) is 2.17. The number of nitrogens with one attached hydrogen (secondary N) is 3. The average molecular weight is 341 g/mol. The normalized spacial score (nSPS) is 11.6. The van der Waals surface area contributed by atoms with Crippen LogP contribution in [-0.4, -0.2) is 21.2 Å². The summed E-state index contributed by atoms with van der Waals surface area (Å²) in [6.45, 7) is 1.76. The van der Waals surface area contributed by atoms with Gasteiger partial charge in [-0.25, -0.2) is 9.18 Å². The fourth-order valence-electron chi connectivity index (χ4n) is 2.17. The molecule has 2 amide bonds. The van der Waals surface area contributed by atoms with E-state index in [-0.39, 0.29) is 5.75 Å². The van der Waals surface area contributed by atoms with Gasteiger partial charge in [-0.2, -0.15) is 5.10 Å². The van der Waals surface area contributed by atoms with Gasteiger partial charge in [-0.3, -0.25) is 10.1 Å². The van der Waals surface area contributed by atoms with Gasteiger partial charge in [0.05, 0.1) is 24.1 Å². The van der Waals surface area contributed by atoms with Crippen molar-refractivity contribution in [1.29, 1.82) is 0 Å². The average Bonchev–Trinajstić information content (AvgIpc) is 3.10. The third kappa shape index (κ3) is 4.31. The van der Waals surface area contributed by atoms with E-state index in [9.17, 15) is 9.18 Å². The molecule has 3 N–H and O–H groups in total. The van der Waals surface area contributed by atoms with Crippen LogP contribution in [0.5, 0.6) is 11.5 Å². The Hall–Kier alpha value is -3.42. The van der Waals surface area contributed by atoms with Crippen LogP contribution in [0.4, 0.5) is 14.9 Å². The van der Waals surface area contributed by atoms with Crippen molar-refractivity contribution in [3.63, 3.8) is 0 Å². The smallest absolute Gasteiger partial charge is 0.319 e. The van der Waals surface area contributed by atoms with E-state index in [0.29, 0.717) is 17.0 Å². The molecule has 128 valence electrons. The SMILES string of the molecule is CC(NC(=O)Nc1cn[nH]c1)c1ccc(Oc2cccnc2)c(F)c1. The number of amides is 2. The Bertz CT molecular complexity index is 840. The van der Waals surface area contributed by atoms with Gasteiger partial charge in [0.15, 0.2) is 11.6 Å². The maximum atomic E-state index is 14.3. The van der Waals surface area contributed by atoms with Gasteiger partial charge in [-0.1, -0.05) is 6.07 Å². The number of nitrogens with zero attached hydrogens (tertiary/aromatic N) is 2. The first-order valence-corrected chi connectivity index (χ1v) is 7.55. The van der Waals surface area contributed by atoms with E-state index in [0.717, 1.165) is 0 Å². The zero-order valence-electron chi connectivity index (χ0n) is 13.4. The number of pyridine rings is 1. The predicted octanol–water partition coefficient (Wildman–Crippen LogP) is 3.62. The number of carbonyl (C=O) groups excluding carboxylic acids is 1. The third-order valence-corrected chi connectivity index (χ3v) is 3.42. The number of H-pyrrole nitrogens is 1. The van der Waals surface area contributed by atoms with Gasteiger partial charge in [0, 0.05) is 12.4 Å². The minimum atomic E-state index is -0.523. The number of aromatic amines is 1. The number of rotatable bonds is 5. The Kier molecular flexibility index (Phi) is 4.89. The van der Waals surface area contributed by atoms with Crippen LogP contribution in [0.1, 0.15) is 18.5 Å². The number of halogens is 1. The lowest BCUT2D eigenvalue weighted by molar-refractivity contribution is 0.249. The number of aromatic nitrogens is 3. The number of carbonyl (C=O) groups is 1. The standard InChI is InChI=1S/C17H16FN5O2/c1-11(22-17(24)23-13-8-20-21-9-13)12-4-5-16(15(18)7-12)25-14-3-2-6-19-10-14/h2-11H,1H3,(H,20,21)(H2,22,23,24). The van der Waals surface area contributed by atoms with Crippen molar-refractivity contribution in [3.05, 3.63) is 66.5 Å².